The van der Waals surface area contributed by atoms with Gasteiger partial charge in [0.1, 0.15) is 0 Å². The summed E-state index contributed by atoms with van der Waals surface area (Å²) in [5, 5.41) is 7.40. The molecule has 2 aliphatic rings. The third-order valence-corrected chi connectivity index (χ3v) is 3.90. The molecule has 1 aromatic heterocycles. The molecular weight excluding hydrogens is 230 g/mol. The molecule has 0 bridgehead atoms. The molecule has 2 atom stereocenters. The molecule has 2 fully saturated rings. The van der Waals surface area contributed by atoms with Crippen molar-refractivity contribution in [1.82, 2.24) is 15.5 Å². The molecule has 1 aliphatic heterocycles. The van der Waals surface area contributed by atoms with E-state index in [1.54, 1.807) is 0 Å². The fourth-order valence-corrected chi connectivity index (χ4v) is 2.66. The van der Waals surface area contributed by atoms with Crippen LogP contribution in [0, 0.1) is 5.92 Å². The van der Waals surface area contributed by atoms with Gasteiger partial charge in [-0.1, -0.05) is 5.16 Å². The minimum absolute atomic E-state index is 0.291. The molecule has 1 saturated carbocycles. The van der Waals surface area contributed by atoms with Gasteiger partial charge in [0, 0.05) is 25.5 Å². The van der Waals surface area contributed by atoms with Gasteiger partial charge < -0.3 is 14.6 Å². The lowest BCUT2D eigenvalue weighted by Gasteiger charge is -2.11. The standard InChI is InChI=1S/C13H21N3O2/c1-14-11(9-4-5-9)8-13-15-12(16-18-13)7-10-3-2-6-17-10/h9-11,14H,2-8H2,1H3. The van der Waals surface area contributed by atoms with Crippen LogP contribution in [-0.4, -0.2) is 35.9 Å². The molecule has 18 heavy (non-hydrogen) atoms. The van der Waals surface area contributed by atoms with Crippen LogP contribution in [0.25, 0.3) is 0 Å². The zero-order valence-corrected chi connectivity index (χ0v) is 10.9. The molecule has 5 nitrogen and oxygen atoms in total. The SMILES string of the molecule is CNC(Cc1nc(CC2CCCO2)no1)C1CC1. The molecule has 0 aromatic carbocycles. The van der Waals surface area contributed by atoms with E-state index in [2.05, 4.69) is 15.5 Å². The maximum absolute atomic E-state index is 5.58. The maximum Gasteiger partial charge on any atom is 0.228 e. The molecule has 3 rings (SSSR count). The van der Waals surface area contributed by atoms with Crippen LogP contribution in [-0.2, 0) is 17.6 Å². The Labute approximate surface area is 107 Å². The number of nitrogens with one attached hydrogen (secondary N) is 1. The lowest BCUT2D eigenvalue weighted by molar-refractivity contribution is 0.109. The largest absolute Gasteiger partial charge is 0.378 e. The number of hydrogen-bond acceptors (Lipinski definition) is 5. The number of rotatable bonds is 6. The zero-order chi connectivity index (χ0) is 12.4. The Morgan fingerprint density at radius 1 is 1.39 bits per heavy atom. The number of nitrogens with zero attached hydrogens (tertiary/aromatic N) is 2. The van der Waals surface area contributed by atoms with Crippen LogP contribution >= 0.6 is 0 Å². The van der Waals surface area contributed by atoms with Crippen molar-refractivity contribution in [2.24, 2.45) is 5.92 Å². The van der Waals surface area contributed by atoms with Crippen LogP contribution in [0.2, 0.25) is 0 Å². The van der Waals surface area contributed by atoms with Gasteiger partial charge in [-0.15, -0.1) is 0 Å². The Hall–Kier alpha value is -0.940. The van der Waals surface area contributed by atoms with Crippen LogP contribution in [0.1, 0.15) is 37.4 Å². The van der Waals surface area contributed by atoms with E-state index in [1.165, 1.54) is 12.8 Å². The summed E-state index contributed by atoms with van der Waals surface area (Å²) in [6.45, 7) is 0.874. The monoisotopic (exact) mass is 251 g/mol. The van der Waals surface area contributed by atoms with Crippen molar-refractivity contribution in [1.29, 1.82) is 0 Å². The number of aromatic nitrogens is 2. The number of ether oxygens (including phenoxy) is 1. The minimum Gasteiger partial charge on any atom is -0.378 e. The second kappa shape index (κ2) is 5.36. The maximum atomic E-state index is 5.58. The second-order valence-electron chi connectivity index (χ2n) is 5.38. The smallest absolute Gasteiger partial charge is 0.228 e. The minimum atomic E-state index is 0.291. The van der Waals surface area contributed by atoms with Gasteiger partial charge in [0.05, 0.1) is 6.10 Å². The highest BCUT2D eigenvalue weighted by Crippen LogP contribution is 2.33. The van der Waals surface area contributed by atoms with Crippen LogP contribution in [0.15, 0.2) is 4.52 Å². The lowest BCUT2D eigenvalue weighted by Crippen LogP contribution is -2.29. The van der Waals surface area contributed by atoms with Gasteiger partial charge in [-0.3, -0.25) is 0 Å². The van der Waals surface area contributed by atoms with Crippen LogP contribution in [0.5, 0.6) is 0 Å². The summed E-state index contributed by atoms with van der Waals surface area (Å²) >= 11 is 0. The molecule has 100 valence electrons. The number of likely N-dealkylation sites (N-methyl/N-ethyl adjacent to an activating group) is 1. The average Bonchev–Trinajstić information content (AvgIpc) is 2.92. The highest BCUT2D eigenvalue weighted by molar-refractivity contribution is 4.95. The number of hydrogen-bond donors (Lipinski definition) is 1. The highest BCUT2D eigenvalue weighted by atomic mass is 16.5. The van der Waals surface area contributed by atoms with E-state index in [4.69, 9.17) is 9.26 Å². The first-order valence-electron chi connectivity index (χ1n) is 6.95. The fraction of sp³-hybridized carbons (Fsp3) is 0.846. The highest BCUT2D eigenvalue weighted by Gasteiger charge is 2.31. The summed E-state index contributed by atoms with van der Waals surface area (Å²) in [4.78, 5) is 4.47. The molecule has 1 saturated heterocycles. The van der Waals surface area contributed by atoms with E-state index >= 15 is 0 Å². The Morgan fingerprint density at radius 3 is 2.94 bits per heavy atom. The van der Waals surface area contributed by atoms with Crippen molar-refractivity contribution in [3.8, 4) is 0 Å². The van der Waals surface area contributed by atoms with Crippen molar-refractivity contribution in [2.45, 2.75) is 50.7 Å². The molecule has 0 radical (unpaired) electrons. The van der Waals surface area contributed by atoms with E-state index in [1.807, 2.05) is 7.05 Å². The Morgan fingerprint density at radius 2 is 2.28 bits per heavy atom. The quantitative estimate of drug-likeness (QED) is 0.826. The van der Waals surface area contributed by atoms with E-state index < -0.39 is 0 Å². The van der Waals surface area contributed by atoms with Gasteiger partial charge >= 0.3 is 0 Å². The summed E-state index contributed by atoms with van der Waals surface area (Å²) in [6.07, 6.45) is 6.84. The van der Waals surface area contributed by atoms with E-state index in [9.17, 15) is 0 Å². The van der Waals surface area contributed by atoms with Gasteiger partial charge in [0.15, 0.2) is 5.82 Å². The summed E-state index contributed by atoms with van der Waals surface area (Å²) in [5.41, 5.74) is 0. The first-order valence-corrected chi connectivity index (χ1v) is 6.95. The molecule has 1 aromatic rings. The van der Waals surface area contributed by atoms with Crippen LogP contribution in [0.3, 0.4) is 0 Å². The lowest BCUT2D eigenvalue weighted by atomic mass is 10.1. The molecule has 1 aliphatic carbocycles. The summed E-state index contributed by atoms with van der Waals surface area (Å²) in [5.74, 6) is 2.35. The normalized spacial score (nSPS) is 25.5. The molecule has 2 unspecified atom stereocenters. The summed E-state index contributed by atoms with van der Waals surface area (Å²) in [6, 6.07) is 0.487. The molecular formula is C13H21N3O2. The predicted molar refractivity (Wildman–Crippen MR) is 66.3 cm³/mol. The Bertz CT molecular complexity index is 383. The van der Waals surface area contributed by atoms with E-state index in [-0.39, 0.29) is 0 Å². The third-order valence-electron chi connectivity index (χ3n) is 3.90. The van der Waals surface area contributed by atoms with Crippen LogP contribution < -0.4 is 5.32 Å². The van der Waals surface area contributed by atoms with Crippen molar-refractivity contribution in [3.05, 3.63) is 11.7 Å². The van der Waals surface area contributed by atoms with Gasteiger partial charge in [-0.2, -0.15) is 4.98 Å². The first-order chi connectivity index (χ1) is 8.85. The average molecular weight is 251 g/mol. The molecule has 0 amide bonds. The topological polar surface area (TPSA) is 60.2 Å². The predicted octanol–water partition coefficient (Wildman–Crippen LogP) is 1.33. The van der Waals surface area contributed by atoms with E-state index in [0.717, 1.165) is 49.9 Å². The molecule has 0 spiro atoms. The van der Waals surface area contributed by atoms with Gasteiger partial charge in [0.25, 0.3) is 0 Å². The Balaban J connectivity index is 1.54. The van der Waals surface area contributed by atoms with Crippen molar-refractivity contribution < 1.29 is 9.26 Å². The van der Waals surface area contributed by atoms with E-state index in [0.29, 0.717) is 12.1 Å². The zero-order valence-electron chi connectivity index (χ0n) is 10.9. The summed E-state index contributed by atoms with van der Waals surface area (Å²) in [7, 11) is 2.01. The van der Waals surface area contributed by atoms with Crippen molar-refractivity contribution >= 4 is 0 Å². The van der Waals surface area contributed by atoms with Crippen LogP contribution in [0.4, 0.5) is 0 Å². The third kappa shape index (κ3) is 2.90. The molecule has 2 heterocycles. The van der Waals surface area contributed by atoms with Gasteiger partial charge in [0.2, 0.25) is 5.89 Å². The molecule has 1 N–H and O–H groups in total. The second-order valence-corrected chi connectivity index (χ2v) is 5.38. The summed E-state index contributed by atoms with van der Waals surface area (Å²) < 4.78 is 10.9. The van der Waals surface area contributed by atoms with Gasteiger partial charge in [-0.25, -0.2) is 0 Å². The Kier molecular flexibility index (Phi) is 3.61. The van der Waals surface area contributed by atoms with Crippen molar-refractivity contribution in [3.63, 3.8) is 0 Å². The first kappa shape index (κ1) is 12.1. The fourth-order valence-electron chi connectivity index (χ4n) is 2.66. The van der Waals surface area contributed by atoms with Crippen molar-refractivity contribution in [2.75, 3.05) is 13.7 Å². The van der Waals surface area contributed by atoms with Gasteiger partial charge in [-0.05, 0) is 38.6 Å². The molecule has 5 heteroatoms.